The lowest BCUT2D eigenvalue weighted by molar-refractivity contribution is -0.114. The molecule has 0 radical (unpaired) electrons. The van der Waals surface area contributed by atoms with E-state index in [4.69, 9.17) is 11.6 Å². The summed E-state index contributed by atoms with van der Waals surface area (Å²) in [6.45, 7) is 3.01. The van der Waals surface area contributed by atoms with E-state index in [1.807, 2.05) is 0 Å². The van der Waals surface area contributed by atoms with Crippen molar-refractivity contribution in [2.75, 3.05) is 5.32 Å². The molecule has 70 valence electrons. The molecule has 2 nitrogen and oxygen atoms in total. The summed E-state index contributed by atoms with van der Waals surface area (Å²) in [5.74, 6) is -0.795. The van der Waals surface area contributed by atoms with Gasteiger partial charge in [0.25, 0.3) is 0 Å². The van der Waals surface area contributed by atoms with Crippen molar-refractivity contribution in [1.82, 2.24) is 0 Å². The third-order valence-corrected chi connectivity index (χ3v) is 1.97. The second kappa shape index (κ2) is 3.75. The number of halogens is 2. The van der Waals surface area contributed by atoms with Crippen LogP contribution in [0.2, 0.25) is 5.02 Å². The number of carbonyl (C=O) groups excluding carboxylic acids is 1. The molecule has 1 rings (SSSR count). The molecule has 0 aliphatic carbocycles. The van der Waals surface area contributed by atoms with Gasteiger partial charge in [0, 0.05) is 11.9 Å². The van der Waals surface area contributed by atoms with Crippen molar-refractivity contribution in [3.05, 3.63) is 28.5 Å². The van der Waals surface area contributed by atoms with Crippen molar-refractivity contribution in [3.8, 4) is 0 Å². The number of amides is 1. The number of rotatable bonds is 1. The summed E-state index contributed by atoms with van der Waals surface area (Å²) in [6, 6.07) is 2.68. The molecule has 0 aliphatic heterocycles. The third-order valence-electron chi connectivity index (χ3n) is 1.56. The van der Waals surface area contributed by atoms with Gasteiger partial charge in [-0.15, -0.1) is 0 Å². The average Bonchev–Trinajstić information content (AvgIpc) is 1.99. The Bertz CT molecular complexity index is 352. The maximum atomic E-state index is 13.1. The Morgan fingerprint density at radius 3 is 2.69 bits per heavy atom. The summed E-state index contributed by atoms with van der Waals surface area (Å²) in [6.07, 6.45) is 0. The molecule has 13 heavy (non-hydrogen) atoms. The zero-order chi connectivity index (χ0) is 10.0. The molecule has 0 saturated carbocycles. The molecule has 1 aromatic rings. The van der Waals surface area contributed by atoms with Crippen LogP contribution in [0.5, 0.6) is 0 Å². The summed E-state index contributed by atoms with van der Waals surface area (Å²) < 4.78 is 13.1. The van der Waals surface area contributed by atoms with E-state index >= 15 is 0 Å². The molecule has 1 amide bonds. The van der Waals surface area contributed by atoms with Crippen LogP contribution >= 0.6 is 11.6 Å². The first-order chi connectivity index (χ1) is 6.00. The van der Waals surface area contributed by atoms with E-state index in [9.17, 15) is 9.18 Å². The Balaban J connectivity index is 3.08. The average molecular weight is 202 g/mol. The zero-order valence-corrected chi connectivity index (χ0v) is 8.07. The van der Waals surface area contributed by atoms with E-state index in [1.54, 1.807) is 6.92 Å². The fourth-order valence-corrected chi connectivity index (χ4v) is 1.10. The number of aryl methyl sites for hydroxylation is 1. The minimum Gasteiger partial charge on any atom is -0.324 e. The van der Waals surface area contributed by atoms with Crippen molar-refractivity contribution < 1.29 is 9.18 Å². The van der Waals surface area contributed by atoms with Gasteiger partial charge < -0.3 is 5.32 Å². The first-order valence-electron chi connectivity index (χ1n) is 3.74. The van der Waals surface area contributed by atoms with Gasteiger partial charge in [-0.2, -0.15) is 0 Å². The summed E-state index contributed by atoms with van der Waals surface area (Å²) in [5, 5.41) is 2.78. The number of hydrogen-bond donors (Lipinski definition) is 1. The van der Waals surface area contributed by atoms with Crippen LogP contribution in [0.3, 0.4) is 0 Å². The largest absolute Gasteiger partial charge is 0.324 e. The first kappa shape index (κ1) is 9.99. The number of hydrogen-bond acceptors (Lipinski definition) is 1. The first-order valence-corrected chi connectivity index (χ1v) is 4.11. The van der Waals surface area contributed by atoms with Gasteiger partial charge in [-0.05, 0) is 24.6 Å². The molecule has 1 aromatic carbocycles. The highest BCUT2D eigenvalue weighted by atomic mass is 35.5. The van der Waals surface area contributed by atoms with E-state index in [0.717, 1.165) is 0 Å². The van der Waals surface area contributed by atoms with Crippen molar-refractivity contribution in [2.24, 2.45) is 0 Å². The van der Waals surface area contributed by atoms with Gasteiger partial charge in [-0.3, -0.25) is 4.79 Å². The molecule has 0 unspecified atom stereocenters. The molecular formula is C9H9ClFNO. The van der Waals surface area contributed by atoms with Gasteiger partial charge in [0.2, 0.25) is 5.91 Å². The summed E-state index contributed by atoms with van der Waals surface area (Å²) in [5.41, 5.74) is 0.761. The predicted molar refractivity (Wildman–Crippen MR) is 50.5 cm³/mol. The SMILES string of the molecule is CC(=O)Nc1cc(Cl)c(C)cc1F. The van der Waals surface area contributed by atoms with E-state index in [1.165, 1.54) is 19.1 Å². The van der Waals surface area contributed by atoms with Gasteiger partial charge in [-0.1, -0.05) is 11.6 Å². The number of benzene rings is 1. The predicted octanol–water partition coefficient (Wildman–Crippen LogP) is 2.75. The molecule has 4 heteroatoms. The molecule has 0 spiro atoms. The van der Waals surface area contributed by atoms with Crippen LogP contribution < -0.4 is 5.32 Å². The molecule has 0 aromatic heterocycles. The maximum absolute atomic E-state index is 13.1. The van der Waals surface area contributed by atoms with Crippen molar-refractivity contribution in [2.45, 2.75) is 13.8 Å². The van der Waals surface area contributed by atoms with Crippen LogP contribution in [0.4, 0.5) is 10.1 Å². The van der Waals surface area contributed by atoms with E-state index in [2.05, 4.69) is 5.32 Å². The Morgan fingerprint density at radius 1 is 1.54 bits per heavy atom. The maximum Gasteiger partial charge on any atom is 0.221 e. The fourth-order valence-electron chi connectivity index (χ4n) is 0.932. The lowest BCUT2D eigenvalue weighted by atomic mass is 10.2. The van der Waals surface area contributed by atoms with Crippen LogP contribution in [-0.2, 0) is 4.79 Å². The van der Waals surface area contributed by atoms with Gasteiger partial charge in [0.05, 0.1) is 5.69 Å². The van der Waals surface area contributed by atoms with Gasteiger partial charge in [0.1, 0.15) is 5.82 Å². The number of anilines is 1. The minimum absolute atomic E-state index is 0.114. The van der Waals surface area contributed by atoms with Crippen molar-refractivity contribution in [3.63, 3.8) is 0 Å². The van der Waals surface area contributed by atoms with Crippen LogP contribution in [-0.4, -0.2) is 5.91 Å². The quantitative estimate of drug-likeness (QED) is 0.744. The summed E-state index contributed by atoms with van der Waals surface area (Å²) in [7, 11) is 0. The summed E-state index contributed by atoms with van der Waals surface area (Å²) >= 11 is 5.75. The van der Waals surface area contributed by atoms with E-state index in [0.29, 0.717) is 10.6 Å². The lowest BCUT2D eigenvalue weighted by Crippen LogP contribution is -2.07. The molecule has 0 aliphatic rings. The van der Waals surface area contributed by atoms with Crippen LogP contribution in [0, 0.1) is 12.7 Å². The molecule has 0 fully saturated rings. The van der Waals surface area contributed by atoms with E-state index < -0.39 is 5.82 Å². The molecule has 0 atom stereocenters. The third kappa shape index (κ3) is 2.42. The van der Waals surface area contributed by atoms with Crippen LogP contribution in [0.1, 0.15) is 12.5 Å². The Kier molecular flexibility index (Phi) is 2.88. The highest BCUT2D eigenvalue weighted by Crippen LogP contribution is 2.23. The number of carbonyl (C=O) groups is 1. The normalized spacial score (nSPS) is 9.85. The topological polar surface area (TPSA) is 29.1 Å². The van der Waals surface area contributed by atoms with Crippen LogP contribution in [0.15, 0.2) is 12.1 Å². The molecule has 1 N–H and O–H groups in total. The van der Waals surface area contributed by atoms with Crippen molar-refractivity contribution >= 4 is 23.2 Å². The molecule has 0 bridgehead atoms. The fraction of sp³-hybridized carbons (Fsp3) is 0.222. The second-order valence-corrected chi connectivity index (χ2v) is 3.17. The Labute approximate surface area is 80.7 Å². The number of nitrogens with one attached hydrogen (secondary N) is 1. The second-order valence-electron chi connectivity index (χ2n) is 2.76. The Morgan fingerprint density at radius 2 is 2.15 bits per heavy atom. The summed E-state index contributed by atoms with van der Waals surface area (Å²) in [4.78, 5) is 10.6. The Hall–Kier alpha value is -1.09. The highest BCUT2D eigenvalue weighted by molar-refractivity contribution is 6.31. The van der Waals surface area contributed by atoms with Gasteiger partial charge in [-0.25, -0.2) is 4.39 Å². The minimum atomic E-state index is -0.475. The highest BCUT2D eigenvalue weighted by Gasteiger charge is 2.06. The standard InChI is InChI=1S/C9H9ClFNO/c1-5-3-8(11)9(4-7(5)10)12-6(2)13/h3-4H,1-2H3,(H,12,13). The molecular weight excluding hydrogens is 193 g/mol. The van der Waals surface area contributed by atoms with Crippen molar-refractivity contribution in [1.29, 1.82) is 0 Å². The molecule has 0 heterocycles. The lowest BCUT2D eigenvalue weighted by Gasteiger charge is -2.05. The zero-order valence-electron chi connectivity index (χ0n) is 7.32. The van der Waals surface area contributed by atoms with Gasteiger partial charge in [0.15, 0.2) is 0 Å². The van der Waals surface area contributed by atoms with Crippen LogP contribution in [0.25, 0.3) is 0 Å². The van der Waals surface area contributed by atoms with Gasteiger partial charge >= 0.3 is 0 Å². The molecule has 0 saturated heterocycles. The monoisotopic (exact) mass is 201 g/mol. The van der Waals surface area contributed by atoms with E-state index in [-0.39, 0.29) is 11.6 Å². The smallest absolute Gasteiger partial charge is 0.221 e.